The number of hydrogen-bond acceptors (Lipinski definition) is 6. The number of thiazole rings is 1. The summed E-state index contributed by atoms with van der Waals surface area (Å²) in [7, 11) is -3.59. The summed E-state index contributed by atoms with van der Waals surface area (Å²) in [6.45, 7) is 8.31. The summed E-state index contributed by atoms with van der Waals surface area (Å²) >= 11 is 1.12. The molecule has 1 amide bonds. The number of hydrogen-bond donors (Lipinski definition) is 1. The van der Waals surface area contributed by atoms with Gasteiger partial charge in [0.15, 0.2) is 10.9 Å². The smallest absolute Gasteiger partial charge is 0.257 e. The number of aromatic nitrogens is 1. The van der Waals surface area contributed by atoms with E-state index in [1.165, 1.54) is 35.5 Å². The van der Waals surface area contributed by atoms with E-state index >= 15 is 0 Å². The Morgan fingerprint density at radius 3 is 2.24 bits per heavy atom. The highest BCUT2D eigenvalue weighted by Gasteiger charge is 2.31. The largest absolute Gasteiger partial charge is 0.298 e. The lowest BCUT2D eigenvalue weighted by atomic mass is 9.94. The zero-order valence-corrected chi connectivity index (χ0v) is 18.6. The number of rotatable bonds is 5. The number of carbonyl (C=O) groups is 2. The highest BCUT2D eigenvalue weighted by Crippen LogP contribution is 2.27. The van der Waals surface area contributed by atoms with Gasteiger partial charge in [-0.15, -0.1) is 0 Å². The first-order valence-electron chi connectivity index (χ1n) is 9.48. The number of Topliss-reactive ketones (excluding diaryl/α,β-unsaturated/α-hetero) is 1. The number of amides is 1. The van der Waals surface area contributed by atoms with E-state index in [0.29, 0.717) is 46.2 Å². The van der Waals surface area contributed by atoms with Crippen molar-refractivity contribution in [3.05, 3.63) is 40.4 Å². The Balaban J connectivity index is 1.74. The number of anilines is 1. The zero-order chi connectivity index (χ0) is 21.3. The second kappa shape index (κ2) is 8.33. The van der Waals surface area contributed by atoms with E-state index in [9.17, 15) is 18.0 Å². The molecule has 9 heteroatoms. The molecule has 0 radical (unpaired) electrons. The fraction of sp³-hybridized carbons (Fsp3) is 0.450. The molecule has 1 aliphatic heterocycles. The van der Waals surface area contributed by atoms with Gasteiger partial charge in [-0.3, -0.25) is 14.9 Å². The van der Waals surface area contributed by atoms with Crippen molar-refractivity contribution < 1.29 is 18.0 Å². The third kappa shape index (κ3) is 4.73. The van der Waals surface area contributed by atoms with Crippen LogP contribution in [0.5, 0.6) is 0 Å². The topological polar surface area (TPSA) is 96.4 Å². The van der Waals surface area contributed by atoms with Crippen molar-refractivity contribution in [1.82, 2.24) is 9.29 Å². The van der Waals surface area contributed by atoms with Crippen LogP contribution < -0.4 is 5.32 Å². The number of ketones is 1. The van der Waals surface area contributed by atoms with E-state index in [2.05, 4.69) is 24.1 Å². The van der Waals surface area contributed by atoms with E-state index in [4.69, 9.17) is 0 Å². The van der Waals surface area contributed by atoms with Crippen molar-refractivity contribution in [2.45, 2.75) is 39.0 Å². The predicted octanol–water partition coefficient (Wildman–Crippen LogP) is 3.57. The number of sulfonamides is 1. The van der Waals surface area contributed by atoms with Gasteiger partial charge in [-0.2, -0.15) is 4.31 Å². The molecule has 1 aromatic carbocycles. The first-order valence-corrected chi connectivity index (χ1v) is 11.7. The van der Waals surface area contributed by atoms with Crippen molar-refractivity contribution in [3.63, 3.8) is 0 Å². The fourth-order valence-corrected chi connectivity index (χ4v) is 6.21. The molecule has 2 unspecified atom stereocenters. The Labute approximate surface area is 175 Å². The highest BCUT2D eigenvalue weighted by atomic mass is 32.2. The molecule has 2 atom stereocenters. The van der Waals surface area contributed by atoms with Crippen LogP contribution in [0.25, 0.3) is 0 Å². The first-order chi connectivity index (χ1) is 13.6. The Kier molecular flexibility index (Phi) is 6.21. The van der Waals surface area contributed by atoms with Crippen LogP contribution >= 0.6 is 11.3 Å². The third-order valence-electron chi connectivity index (χ3n) is 4.93. The Morgan fingerprint density at radius 2 is 1.72 bits per heavy atom. The van der Waals surface area contributed by atoms with Gasteiger partial charge in [0.2, 0.25) is 10.0 Å². The molecule has 2 heterocycles. The standard InChI is InChI=1S/C20H25N3O4S2/c1-12-9-13(2)11-23(10-12)29(26,27)17-7-5-16(6-8-17)19(25)22-20-21-14(3)18(28-20)15(4)24/h5-8,12-13H,9-11H2,1-4H3,(H,21,22,25). The lowest BCUT2D eigenvalue weighted by molar-refractivity contribution is 0.101. The maximum atomic E-state index is 12.9. The van der Waals surface area contributed by atoms with Crippen LogP contribution in [-0.2, 0) is 10.0 Å². The summed E-state index contributed by atoms with van der Waals surface area (Å²) in [5.41, 5.74) is 0.894. The lowest BCUT2D eigenvalue weighted by Gasteiger charge is -2.34. The van der Waals surface area contributed by atoms with Crippen LogP contribution in [0.2, 0.25) is 0 Å². The molecular formula is C20H25N3O4S2. The minimum Gasteiger partial charge on any atom is -0.298 e. The van der Waals surface area contributed by atoms with Crippen LogP contribution in [0, 0.1) is 18.8 Å². The Bertz CT molecular complexity index is 1020. The molecule has 2 aromatic rings. The number of carbonyl (C=O) groups excluding carboxylic acids is 2. The van der Waals surface area contributed by atoms with Crippen LogP contribution in [0.1, 0.15) is 52.9 Å². The van der Waals surface area contributed by atoms with Gasteiger partial charge < -0.3 is 0 Å². The fourth-order valence-electron chi connectivity index (χ4n) is 3.68. The quantitative estimate of drug-likeness (QED) is 0.724. The van der Waals surface area contributed by atoms with Gasteiger partial charge in [-0.1, -0.05) is 25.2 Å². The normalized spacial score (nSPS) is 20.4. The number of aryl methyl sites for hydroxylation is 1. The third-order valence-corrected chi connectivity index (χ3v) is 7.95. The molecule has 1 saturated heterocycles. The van der Waals surface area contributed by atoms with Gasteiger partial charge in [0.25, 0.3) is 5.91 Å². The van der Waals surface area contributed by atoms with Gasteiger partial charge in [0.05, 0.1) is 15.5 Å². The van der Waals surface area contributed by atoms with Crippen LogP contribution in [0.3, 0.4) is 0 Å². The highest BCUT2D eigenvalue weighted by molar-refractivity contribution is 7.89. The molecule has 29 heavy (non-hydrogen) atoms. The Hall–Kier alpha value is -2.10. The minimum atomic E-state index is -3.59. The maximum Gasteiger partial charge on any atom is 0.257 e. The summed E-state index contributed by atoms with van der Waals surface area (Å²) in [6.07, 6.45) is 1.02. The number of nitrogens with one attached hydrogen (secondary N) is 1. The van der Waals surface area contributed by atoms with Gasteiger partial charge in [-0.05, 0) is 49.4 Å². The average Bonchev–Trinajstić information content (AvgIpc) is 3.01. The van der Waals surface area contributed by atoms with Crippen LogP contribution in [0.15, 0.2) is 29.2 Å². The van der Waals surface area contributed by atoms with E-state index in [0.717, 1.165) is 17.8 Å². The van der Waals surface area contributed by atoms with Crippen LogP contribution in [-0.4, -0.2) is 42.5 Å². The molecule has 156 valence electrons. The molecule has 0 spiro atoms. The van der Waals surface area contributed by atoms with Crippen LogP contribution in [0.4, 0.5) is 5.13 Å². The number of piperidine rings is 1. The predicted molar refractivity (Wildman–Crippen MR) is 113 cm³/mol. The van der Waals surface area contributed by atoms with Gasteiger partial charge >= 0.3 is 0 Å². The molecule has 7 nitrogen and oxygen atoms in total. The van der Waals surface area contributed by atoms with Gasteiger partial charge in [0.1, 0.15) is 0 Å². The molecule has 1 aliphatic rings. The second-order valence-corrected chi connectivity index (χ2v) is 10.7. The molecular weight excluding hydrogens is 410 g/mol. The van der Waals surface area contributed by atoms with Crippen molar-refractivity contribution in [3.8, 4) is 0 Å². The molecule has 1 fully saturated rings. The van der Waals surface area contributed by atoms with Crippen molar-refractivity contribution in [2.75, 3.05) is 18.4 Å². The summed E-state index contributed by atoms with van der Waals surface area (Å²) in [5, 5.41) is 3.00. The van der Waals surface area contributed by atoms with Crippen molar-refractivity contribution >= 4 is 38.2 Å². The Morgan fingerprint density at radius 1 is 1.14 bits per heavy atom. The summed E-state index contributed by atoms with van der Waals surface area (Å²) in [6, 6.07) is 5.90. The molecule has 0 saturated carbocycles. The SMILES string of the molecule is CC(=O)c1sc(NC(=O)c2ccc(S(=O)(=O)N3CC(C)CC(C)C3)cc2)nc1C. The van der Waals surface area contributed by atoms with E-state index in [1.54, 1.807) is 6.92 Å². The number of nitrogens with zero attached hydrogens (tertiary/aromatic N) is 2. The molecule has 1 N–H and O–H groups in total. The average molecular weight is 436 g/mol. The van der Waals surface area contributed by atoms with Crippen molar-refractivity contribution in [1.29, 1.82) is 0 Å². The van der Waals surface area contributed by atoms with E-state index in [-0.39, 0.29) is 10.7 Å². The van der Waals surface area contributed by atoms with Crippen molar-refractivity contribution in [2.24, 2.45) is 11.8 Å². The van der Waals surface area contributed by atoms with E-state index < -0.39 is 15.9 Å². The maximum absolute atomic E-state index is 12.9. The monoisotopic (exact) mass is 435 g/mol. The lowest BCUT2D eigenvalue weighted by Crippen LogP contribution is -2.42. The summed E-state index contributed by atoms with van der Waals surface area (Å²) in [5.74, 6) is 0.134. The summed E-state index contributed by atoms with van der Waals surface area (Å²) in [4.78, 5) is 28.9. The van der Waals surface area contributed by atoms with Gasteiger partial charge in [0, 0.05) is 25.6 Å². The zero-order valence-electron chi connectivity index (χ0n) is 16.9. The first kappa shape index (κ1) is 21.6. The molecule has 0 aliphatic carbocycles. The summed E-state index contributed by atoms with van der Waals surface area (Å²) < 4.78 is 27.4. The van der Waals surface area contributed by atoms with Gasteiger partial charge in [-0.25, -0.2) is 13.4 Å². The minimum absolute atomic E-state index is 0.101. The molecule has 0 bridgehead atoms. The second-order valence-electron chi connectivity index (χ2n) is 7.74. The molecule has 3 rings (SSSR count). The molecule has 1 aromatic heterocycles. The van der Waals surface area contributed by atoms with E-state index in [1.807, 2.05) is 0 Å². The number of benzene rings is 1.